The Morgan fingerprint density at radius 1 is 1.18 bits per heavy atom. The molecule has 1 fully saturated rings. The molecule has 2 aliphatic rings. The third-order valence-corrected chi connectivity index (χ3v) is 6.21. The Labute approximate surface area is 180 Å². The molecule has 0 radical (unpaired) electrons. The molecule has 0 bridgehead atoms. The molecule has 2 heterocycles. The van der Waals surface area contributed by atoms with Gasteiger partial charge in [0.1, 0.15) is 0 Å². The predicted molar refractivity (Wildman–Crippen MR) is 120 cm³/mol. The number of carbonyl (C=O) groups is 1. The SMILES string of the molecule is CC(C)(C)C1CCc2nc3ccccc3c(C(=O)N3CC[C@@H](N)C3)c2C1.Cl.Cl. The van der Waals surface area contributed by atoms with Crippen molar-refractivity contribution in [1.29, 1.82) is 0 Å². The first-order chi connectivity index (χ1) is 12.3. The minimum Gasteiger partial charge on any atom is -0.337 e. The maximum Gasteiger partial charge on any atom is 0.254 e. The summed E-state index contributed by atoms with van der Waals surface area (Å²) >= 11 is 0. The highest BCUT2D eigenvalue weighted by Crippen LogP contribution is 2.39. The largest absolute Gasteiger partial charge is 0.337 e. The van der Waals surface area contributed by atoms with E-state index < -0.39 is 0 Å². The molecule has 0 spiro atoms. The molecule has 2 atom stereocenters. The van der Waals surface area contributed by atoms with E-state index in [0.29, 0.717) is 12.5 Å². The predicted octanol–water partition coefficient (Wildman–Crippen LogP) is 4.40. The summed E-state index contributed by atoms with van der Waals surface area (Å²) < 4.78 is 0. The molecule has 1 aliphatic carbocycles. The molecule has 4 rings (SSSR count). The summed E-state index contributed by atoms with van der Waals surface area (Å²) in [4.78, 5) is 20.3. The number of fused-ring (bicyclic) bond motifs is 2. The number of aromatic nitrogens is 1. The van der Waals surface area contributed by atoms with Gasteiger partial charge < -0.3 is 10.6 Å². The number of hydrogen-bond acceptors (Lipinski definition) is 3. The van der Waals surface area contributed by atoms with Gasteiger partial charge in [0.15, 0.2) is 0 Å². The lowest BCUT2D eigenvalue weighted by atomic mass is 9.70. The van der Waals surface area contributed by atoms with Gasteiger partial charge >= 0.3 is 0 Å². The molecule has 1 aromatic carbocycles. The fourth-order valence-corrected chi connectivity index (χ4v) is 4.50. The first-order valence-electron chi connectivity index (χ1n) is 9.80. The zero-order chi connectivity index (χ0) is 18.5. The van der Waals surface area contributed by atoms with Crippen LogP contribution < -0.4 is 5.73 Å². The number of nitrogens with zero attached hydrogens (tertiary/aromatic N) is 2. The molecule has 1 saturated heterocycles. The molecular formula is C22H31Cl2N3O. The van der Waals surface area contributed by atoms with Crippen LogP contribution in [0.2, 0.25) is 0 Å². The van der Waals surface area contributed by atoms with Gasteiger partial charge in [0.2, 0.25) is 0 Å². The van der Waals surface area contributed by atoms with Crippen LogP contribution in [0.4, 0.5) is 0 Å². The Kier molecular flexibility index (Phi) is 7.01. The van der Waals surface area contributed by atoms with Crippen LogP contribution in [0.25, 0.3) is 10.9 Å². The molecule has 2 N–H and O–H groups in total. The van der Waals surface area contributed by atoms with E-state index in [9.17, 15) is 4.79 Å². The number of likely N-dealkylation sites (tertiary alicyclic amines) is 1. The second kappa shape index (κ2) is 8.56. The molecule has 2 aromatic rings. The molecular weight excluding hydrogens is 393 g/mol. The molecule has 1 aliphatic heterocycles. The number of rotatable bonds is 1. The van der Waals surface area contributed by atoms with Crippen LogP contribution >= 0.6 is 24.8 Å². The Morgan fingerprint density at radius 2 is 1.89 bits per heavy atom. The Balaban J connectivity index is 0.00000140. The number of benzene rings is 1. The van der Waals surface area contributed by atoms with Gasteiger partial charge in [-0.15, -0.1) is 24.8 Å². The number of para-hydroxylation sites is 1. The summed E-state index contributed by atoms with van der Waals surface area (Å²) in [5.41, 5.74) is 10.4. The highest BCUT2D eigenvalue weighted by molar-refractivity contribution is 6.07. The summed E-state index contributed by atoms with van der Waals surface area (Å²) in [5.74, 6) is 0.715. The molecule has 1 unspecified atom stereocenters. The van der Waals surface area contributed by atoms with Gasteiger partial charge in [-0.05, 0) is 48.6 Å². The maximum absolute atomic E-state index is 13.5. The van der Waals surface area contributed by atoms with E-state index in [0.717, 1.165) is 54.4 Å². The van der Waals surface area contributed by atoms with E-state index in [1.807, 2.05) is 29.2 Å². The van der Waals surface area contributed by atoms with Crippen molar-refractivity contribution in [1.82, 2.24) is 9.88 Å². The van der Waals surface area contributed by atoms with E-state index >= 15 is 0 Å². The summed E-state index contributed by atoms with van der Waals surface area (Å²) in [6.07, 6.45) is 3.94. The quantitative estimate of drug-likeness (QED) is 0.738. The first kappa shape index (κ1) is 22.9. The zero-order valence-electron chi connectivity index (χ0n) is 16.9. The van der Waals surface area contributed by atoms with Crippen LogP contribution in [-0.4, -0.2) is 34.9 Å². The summed E-state index contributed by atoms with van der Waals surface area (Å²) in [5, 5.41) is 0.992. The standard InChI is InChI=1S/C22H29N3O.2ClH/c1-22(2,3)14-8-9-19-17(12-14)20(16-6-4-5-7-18(16)24-19)21(26)25-11-10-15(23)13-25;;/h4-7,14-15H,8-13,23H2,1-3H3;2*1H/t14?,15-;;/m1../s1. The third kappa shape index (κ3) is 4.14. The fourth-order valence-electron chi connectivity index (χ4n) is 4.50. The summed E-state index contributed by atoms with van der Waals surface area (Å²) in [6.45, 7) is 8.33. The van der Waals surface area contributed by atoms with E-state index in [-0.39, 0.29) is 42.2 Å². The topological polar surface area (TPSA) is 59.2 Å². The maximum atomic E-state index is 13.5. The highest BCUT2D eigenvalue weighted by Gasteiger charge is 2.34. The Bertz CT molecular complexity index is 863. The van der Waals surface area contributed by atoms with E-state index in [4.69, 9.17) is 10.7 Å². The second-order valence-corrected chi connectivity index (χ2v) is 9.03. The number of nitrogens with two attached hydrogens (primary N) is 1. The average Bonchev–Trinajstić information content (AvgIpc) is 3.04. The fraction of sp³-hybridized carbons (Fsp3) is 0.545. The molecule has 154 valence electrons. The first-order valence-corrected chi connectivity index (χ1v) is 9.80. The number of pyridine rings is 1. The normalized spacial score (nSPS) is 21.6. The van der Waals surface area contributed by atoms with Crippen LogP contribution in [0.5, 0.6) is 0 Å². The van der Waals surface area contributed by atoms with E-state index in [1.165, 1.54) is 5.56 Å². The van der Waals surface area contributed by atoms with Crippen LogP contribution in [0.3, 0.4) is 0 Å². The molecule has 6 heteroatoms. The molecule has 28 heavy (non-hydrogen) atoms. The van der Waals surface area contributed by atoms with Crippen molar-refractivity contribution in [3.8, 4) is 0 Å². The van der Waals surface area contributed by atoms with Crippen molar-refractivity contribution in [2.75, 3.05) is 13.1 Å². The lowest BCUT2D eigenvalue weighted by molar-refractivity contribution is 0.0790. The van der Waals surface area contributed by atoms with Crippen molar-refractivity contribution >= 4 is 41.6 Å². The average molecular weight is 424 g/mol. The Morgan fingerprint density at radius 3 is 2.54 bits per heavy atom. The van der Waals surface area contributed by atoms with Gasteiger partial charge in [0.25, 0.3) is 5.91 Å². The lowest BCUT2D eigenvalue weighted by Gasteiger charge is -2.36. The van der Waals surface area contributed by atoms with Crippen LogP contribution in [0, 0.1) is 11.3 Å². The molecule has 4 nitrogen and oxygen atoms in total. The van der Waals surface area contributed by atoms with E-state index in [1.54, 1.807) is 0 Å². The van der Waals surface area contributed by atoms with Crippen molar-refractivity contribution in [2.24, 2.45) is 17.1 Å². The smallest absolute Gasteiger partial charge is 0.254 e. The second-order valence-electron chi connectivity index (χ2n) is 9.03. The van der Waals surface area contributed by atoms with Crippen LogP contribution in [0.15, 0.2) is 24.3 Å². The molecule has 1 amide bonds. The number of halogens is 2. The lowest BCUT2D eigenvalue weighted by Crippen LogP contribution is -2.34. The van der Waals surface area contributed by atoms with Gasteiger partial charge in [0.05, 0.1) is 11.1 Å². The zero-order valence-corrected chi connectivity index (χ0v) is 18.5. The highest BCUT2D eigenvalue weighted by atomic mass is 35.5. The molecule has 1 aromatic heterocycles. The van der Waals surface area contributed by atoms with Gasteiger partial charge in [-0.2, -0.15) is 0 Å². The van der Waals surface area contributed by atoms with Crippen molar-refractivity contribution in [3.63, 3.8) is 0 Å². The number of amides is 1. The van der Waals surface area contributed by atoms with Gasteiger partial charge in [-0.25, -0.2) is 0 Å². The van der Waals surface area contributed by atoms with Crippen LogP contribution in [0.1, 0.15) is 55.2 Å². The van der Waals surface area contributed by atoms with Crippen LogP contribution in [-0.2, 0) is 12.8 Å². The number of carbonyl (C=O) groups excluding carboxylic acids is 1. The number of hydrogen-bond donors (Lipinski definition) is 1. The third-order valence-electron chi connectivity index (χ3n) is 6.21. The van der Waals surface area contributed by atoms with Gasteiger partial charge in [0, 0.05) is 30.2 Å². The minimum atomic E-state index is 0. The van der Waals surface area contributed by atoms with Crippen molar-refractivity contribution in [3.05, 3.63) is 41.1 Å². The monoisotopic (exact) mass is 423 g/mol. The summed E-state index contributed by atoms with van der Waals surface area (Å²) in [6, 6.07) is 8.19. The van der Waals surface area contributed by atoms with Gasteiger partial charge in [-0.1, -0.05) is 39.0 Å². The minimum absolute atomic E-state index is 0. The summed E-state index contributed by atoms with van der Waals surface area (Å²) in [7, 11) is 0. The van der Waals surface area contributed by atoms with Crippen molar-refractivity contribution in [2.45, 2.75) is 52.5 Å². The van der Waals surface area contributed by atoms with Crippen molar-refractivity contribution < 1.29 is 4.79 Å². The van der Waals surface area contributed by atoms with Gasteiger partial charge in [-0.3, -0.25) is 9.78 Å². The van der Waals surface area contributed by atoms with E-state index in [2.05, 4.69) is 20.8 Å². The number of aryl methyl sites for hydroxylation is 1. The molecule has 0 saturated carbocycles. The Hall–Kier alpha value is -1.36.